The van der Waals surface area contributed by atoms with E-state index in [1.54, 1.807) is 18.2 Å². The molecule has 2 atom stereocenters. The fourth-order valence-corrected chi connectivity index (χ4v) is 3.71. The first-order chi connectivity index (χ1) is 13.9. The Balaban J connectivity index is 1.97. The zero-order valence-corrected chi connectivity index (χ0v) is 16.4. The molecule has 1 N–H and O–H groups in total. The van der Waals surface area contributed by atoms with Crippen molar-refractivity contribution in [2.24, 2.45) is 0 Å². The van der Waals surface area contributed by atoms with Crippen molar-refractivity contribution in [3.8, 4) is 11.5 Å². The van der Waals surface area contributed by atoms with Crippen LogP contribution in [0.1, 0.15) is 55.3 Å². The number of ether oxygens (including phenoxy) is 2. The largest absolute Gasteiger partial charge is 0.427 e. The molecule has 0 aromatic heterocycles. The van der Waals surface area contributed by atoms with Crippen molar-refractivity contribution in [2.75, 3.05) is 0 Å². The summed E-state index contributed by atoms with van der Waals surface area (Å²) >= 11 is 0. The van der Waals surface area contributed by atoms with Crippen LogP contribution >= 0.6 is 0 Å². The van der Waals surface area contributed by atoms with Crippen molar-refractivity contribution in [1.82, 2.24) is 5.32 Å². The van der Waals surface area contributed by atoms with Gasteiger partial charge in [-0.2, -0.15) is 0 Å². The molecule has 0 spiro atoms. The van der Waals surface area contributed by atoms with Crippen LogP contribution in [0.25, 0.3) is 0 Å². The van der Waals surface area contributed by atoms with E-state index in [1.807, 2.05) is 24.3 Å². The number of benzene rings is 2. The van der Waals surface area contributed by atoms with Gasteiger partial charge in [0, 0.05) is 19.8 Å². The molecule has 1 aliphatic rings. The number of esters is 2. The Hall–Kier alpha value is -3.41. The van der Waals surface area contributed by atoms with Gasteiger partial charge in [0.1, 0.15) is 11.5 Å². The van der Waals surface area contributed by atoms with Crippen LogP contribution < -0.4 is 14.8 Å². The molecule has 29 heavy (non-hydrogen) atoms. The van der Waals surface area contributed by atoms with Crippen LogP contribution in [-0.2, 0) is 14.4 Å². The predicted octanol–water partition coefficient (Wildman–Crippen LogP) is 3.81. The third-order valence-electron chi connectivity index (χ3n) is 4.86. The van der Waals surface area contributed by atoms with Gasteiger partial charge in [0.25, 0.3) is 0 Å². The Bertz CT molecular complexity index is 948. The van der Waals surface area contributed by atoms with E-state index in [2.05, 4.69) is 11.9 Å². The number of carbonyl (C=O) groups excluding carboxylic acids is 3. The summed E-state index contributed by atoms with van der Waals surface area (Å²) in [5, 5.41) is 2.97. The topological polar surface area (TPSA) is 81.7 Å². The summed E-state index contributed by atoms with van der Waals surface area (Å²) in [6.45, 7) is 6.23. The molecule has 0 heterocycles. The minimum absolute atomic E-state index is 0.0590. The van der Waals surface area contributed by atoms with Crippen molar-refractivity contribution in [3.63, 3.8) is 0 Å². The van der Waals surface area contributed by atoms with Crippen LogP contribution in [0.2, 0.25) is 0 Å². The van der Waals surface area contributed by atoms with Crippen LogP contribution in [0.3, 0.4) is 0 Å². The van der Waals surface area contributed by atoms with Crippen molar-refractivity contribution < 1.29 is 23.9 Å². The van der Waals surface area contributed by atoms with Crippen molar-refractivity contribution >= 4 is 17.8 Å². The number of amides is 1. The molecule has 6 nitrogen and oxygen atoms in total. The third kappa shape index (κ3) is 4.90. The summed E-state index contributed by atoms with van der Waals surface area (Å²) in [5.41, 5.74) is 3.02. The predicted molar refractivity (Wildman–Crippen MR) is 108 cm³/mol. The molecule has 2 aromatic rings. The zero-order valence-electron chi connectivity index (χ0n) is 16.4. The van der Waals surface area contributed by atoms with Crippen LogP contribution in [0.5, 0.6) is 11.5 Å². The maximum Gasteiger partial charge on any atom is 0.308 e. The summed E-state index contributed by atoms with van der Waals surface area (Å²) in [7, 11) is 0. The van der Waals surface area contributed by atoms with Crippen LogP contribution in [-0.4, -0.2) is 17.8 Å². The van der Waals surface area contributed by atoms with E-state index in [0.29, 0.717) is 11.5 Å². The molecule has 0 unspecified atom stereocenters. The Kier molecular flexibility index (Phi) is 6.12. The van der Waals surface area contributed by atoms with E-state index in [4.69, 9.17) is 9.47 Å². The summed E-state index contributed by atoms with van der Waals surface area (Å²) in [5.74, 6) is 0.0284. The maximum absolute atomic E-state index is 11.8. The molecule has 1 amide bonds. The van der Waals surface area contributed by atoms with Crippen LogP contribution in [0, 0.1) is 0 Å². The molecule has 150 valence electrons. The Morgan fingerprint density at radius 3 is 2.17 bits per heavy atom. The number of hydrogen-bond acceptors (Lipinski definition) is 5. The molecule has 0 bridgehead atoms. The summed E-state index contributed by atoms with van der Waals surface area (Å²) in [4.78, 5) is 34.3. The second-order valence-corrected chi connectivity index (χ2v) is 6.94. The average molecular weight is 393 g/mol. The molecular formula is C23H23NO5. The van der Waals surface area contributed by atoms with Crippen LogP contribution in [0.4, 0.5) is 0 Å². The van der Waals surface area contributed by atoms with Gasteiger partial charge in [-0.15, -0.1) is 0 Å². The molecule has 2 aromatic carbocycles. The average Bonchev–Trinajstić information content (AvgIpc) is 2.68. The first kappa shape index (κ1) is 20.3. The van der Waals surface area contributed by atoms with Gasteiger partial charge >= 0.3 is 11.9 Å². The van der Waals surface area contributed by atoms with Gasteiger partial charge < -0.3 is 14.8 Å². The molecule has 0 saturated carbocycles. The molecule has 0 aliphatic heterocycles. The molecule has 3 rings (SSSR count). The quantitative estimate of drug-likeness (QED) is 0.475. The first-order valence-corrected chi connectivity index (χ1v) is 9.41. The Morgan fingerprint density at radius 1 is 0.931 bits per heavy atom. The van der Waals surface area contributed by atoms with E-state index in [-0.39, 0.29) is 29.8 Å². The highest BCUT2D eigenvalue weighted by Gasteiger charge is 2.29. The molecule has 0 saturated heterocycles. The summed E-state index contributed by atoms with van der Waals surface area (Å²) in [6.07, 6.45) is 2.81. The lowest BCUT2D eigenvalue weighted by Crippen LogP contribution is -2.30. The second kappa shape index (κ2) is 8.73. The highest BCUT2D eigenvalue weighted by Crippen LogP contribution is 2.43. The SMILES string of the molecule is C=CC(=O)N[C@H]1CC[C@H](c2ccc(OC(C)=O)cc2)c2cc(OC(C)=O)ccc21. The number of nitrogens with one attached hydrogen (secondary N) is 1. The van der Waals surface area contributed by atoms with Crippen molar-refractivity contribution in [1.29, 1.82) is 0 Å². The van der Waals surface area contributed by atoms with Gasteiger partial charge in [0.15, 0.2) is 0 Å². The van der Waals surface area contributed by atoms with Gasteiger partial charge in [-0.1, -0.05) is 24.8 Å². The smallest absolute Gasteiger partial charge is 0.308 e. The zero-order chi connectivity index (χ0) is 21.0. The van der Waals surface area contributed by atoms with Gasteiger partial charge in [-0.05, 0) is 59.9 Å². The van der Waals surface area contributed by atoms with Crippen molar-refractivity contribution in [2.45, 2.75) is 38.6 Å². The van der Waals surface area contributed by atoms with E-state index in [9.17, 15) is 14.4 Å². The standard InChI is InChI=1S/C23H23NO5/c1-4-23(27)24-22-12-11-19(16-5-7-17(8-6-16)28-14(2)25)21-13-18(29-15(3)26)9-10-20(21)22/h4-10,13,19,22H,1,11-12H2,2-3H3,(H,24,27)/t19-,22+/m1/s1. The molecule has 0 radical (unpaired) electrons. The minimum Gasteiger partial charge on any atom is -0.427 e. The minimum atomic E-state index is -0.389. The molecule has 0 fully saturated rings. The van der Waals surface area contributed by atoms with Gasteiger partial charge in [0.2, 0.25) is 5.91 Å². The van der Waals surface area contributed by atoms with E-state index in [0.717, 1.165) is 29.5 Å². The highest BCUT2D eigenvalue weighted by atomic mass is 16.5. The maximum atomic E-state index is 11.8. The van der Waals surface area contributed by atoms with Crippen molar-refractivity contribution in [3.05, 3.63) is 71.8 Å². The van der Waals surface area contributed by atoms with Crippen LogP contribution in [0.15, 0.2) is 55.1 Å². The highest BCUT2D eigenvalue weighted by molar-refractivity contribution is 5.87. The summed E-state index contributed by atoms with van der Waals surface area (Å²) < 4.78 is 10.4. The Morgan fingerprint density at radius 2 is 1.55 bits per heavy atom. The summed E-state index contributed by atoms with van der Waals surface area (Å²) in [6, 6.07) is 12.7. The lowest BCUT2D eigenvalue weighted by atomic mass is 9.76. The molecule has 6 heteroatoms. The van der Waals surface area contributed by atoms with Gasteiger partial charge in [-0.25, -0.2) is 0 Å². The fourth-order valence-electron chi connectivity index (χ4n) is 3.71. The third-order valence-corrected chi connectivity index (χ3v) is 4.86. The van der Waals surface area contributed by atoms with Gasteiger partial charge in [0.05, 0.1) is 6.04 Å². The Labute approximate surface area is 169 Å². The normalized spacial score (nSPS) is 17.6. The molecule has 1 aliphatic carbocycles. The lowest BCUT2D eigenvalue weighted by molar-refractivity contribution is -0.132. The second-order valence-electron chi connectivity index (χ2n) is 6.94. The van der Waals surface area contributed by atoms with Gasteiger partial charge in [-0.3, -0.25) is 14.4 Å². The number of carbonyl (C=O) groups is 3. The molecular weight excluding hydrogens is 370 g/mol. The van der Waals surface area contributed by atoms with E-state index in [1.165, 1.54) is 19.9 Å². The number of fused-ring (bicyclic) bond motifs is 1. The number of rotatable bonds is 5. The monoisotopic (exact) mass is 393 g/mol. The fraction of sp³-hybridized carbons (Fsp3) is 0.261. The first-order valence-electron chi connectivity index (χ1n) is 9.41. The van der Waals surface area contributed by atoms with E-state index < -0.39 is 0 Å². The van der Waals surface area contributed by atoms with E-state index >= 15 is 0 Å². The lowest BCUT2D eigenvalue weighted by Gasteiger charge is -2.32. The number of hydrogen-bond donors (Lipinski definition) is 1.